The Morgan fingerprint density at radius 1 is 1.27 bits per heavy atom. The smallest absolute Gasteiger partial charge is 0.115 e. The van der Waals surface area contributed by atoms with Gasteiger partial charge in [0.05, 0.1) is 0 Å². The fraction of sp³-hybridized carbons (Fsp3) is 0.500. The van der Waals surface area contributed by atoms with E-state index in [4.69, 9.17) is 5.73 Å². The van der Waals surface area contributed by atoms with Gasteiger partial charge in [0.15, 0.2) is 0 Å². The zero-order chi connectivity index (χ0) is 10.4. The molecule has 4 atom stereocenters. The fourth-order valence-corrected chi connectivity index (χ4v) is 3.09. The number of nitrogens with two attached hydrogens (primary N) is 1. The molecule has 0 aromatic heterocycles. The van der Waals surface area contributed by atoms with Gasteiger partial charge in [0.25, 0.3) is 0 Å². The van der Waals surface area contributed by atoms with Crippen LogP contribution in [0.25, 0.3) is 0 Å². The minimum absolute atomic E-state index is 0.200. The van der Waals surface area contributed by atoms with E-state index >= 15 is 0 Å². The van der Waals surface area contributed by atoms with Crippen LogP contribution in [0.4, 0.5) is 0 Å². The van der Waals surface area contributed by atoms with Crippen LogP contribution < -0.4 is 11.1 Å². The topological polar surface area (TPSA) is 58.3 Å². The molecule has 0 amide bonds. The average Bonchev–Trinajstić information content (AvgIpc) is 2.77. The molecule has 4 unspecified atom stereocenters. The minimum Gasteiger partial charge on any atom is -0.508 e. The average molecular weight is 204 g/mol. The van der Waals surface area contributed by atoms with Crippen LogP contribution in [0, 0.1) is 0 Å². The summed E-state index contributed by atoms with van der Waals surface area (Å²) in [4.78, 5) is 0. The molecule has 15 heavy (non-hydrogen) atoms. The summed E-state index contributed by atoms with van der Waals surface area (Å²) in [5.41, 5.74) is 7.37. The summed E-state index contributed by atoms with van der Waals surface area (Å²) in [6.45, 7) is 0. The molecule has 3 nitrogen and oxygen atoms in total. The van der Waals surface area contributed by atoms with Crippen molar-refractivity contribution >= 4 is 0 Å². The van der Waals surface area contributed by atoms with Crippen LogP contribution in [0.2, 0.25) is 0 Å². The summed E-state index contributed by atoms with van der Waals surface area (Å²) in [5, 5.41) is 13.0. The SMILES string of the molecule is NC1C2CCC(N2)C1c1cccc(O)c1. The number of benzene rings is 1. The third kappa shape index (κ3) is 1.34. The second kappa shape index (κ2) is 3.22. The molecule has 1 aromatic carbocycles. The van der Waals surface area contributed by atoms with Crippen LogP contribution in [0.5, 0.6) is 5.75 Å². The highest BCUT2D eigenvalue weighted by molar-refractivity contribution is 5.34. The first-order chi connectivity index (χ1) is 7.25. The van der Waals surface area contributed by atoms with Crippen molar-refractivity contribution in [2.24, 2.45) is 5.73 Å². The van der Waals surface area contributed by atoms with Crippen LogP contribution in [-0.2, 0) is 0 Å². The van der Waals surface area contributed by atoms with E-state index in [-0.39, 0.29) is 6.04 Å². The van der Waals surface area contributed by atoms with Crippen LogP contribution in [0.15, 0.2) is 24.3 Å². The van der Waals surface area contributed by atoms with Gasteiger partial charge in [-0.25, -0.2) is 0 Å². The summed E-state index contributed by atoms with van der Waals surface area (Å²) >= 11 is 0. The Kier molecular flexibility index (Phi) is 1.97. The lowest BCUT2D eigenvalue weighted by atomic mass is 9.80. The number of fused-ring (bicyclic) bond motifs is 2. The predicted molar refractivity (Wildman–Crippen MR) is 58.8 cm³/mol. The number of hydrogen-bond acceptors (Lipinski definition) is 3. The number of nitrogens with one attached hydrogen (secondary N) is 1. The van der Waals surface area contributed by atoms with Crippen molar-refractivity contribution in [3.8, 4) is 5.75 Å². The van der Waals surface area contributed by atoms with E-state index in [9.17, 15) is 5.11 Å². The van der Waals surface area contributed by atoms with Gasteiger partial charge in [0.1, 0.15) is 5.75 Å². The van der Waals surface area contributed by atoms with E-state index in [1.807, 2.05) is 12.1 Å². The summed E-state index contributed by atoms with van der Waals surface area (Å²) in [6.07, 6.45) is 2.40. The molecule has 4 N–H and O–H groups in total. The number of hydrogen-bond donors (Lipinski definition) is 3. The highest BCUT2D eigenvalue weighted by atomic mass is 16.3. The lowest BCUT2D eigenvalue weighted by Crippen LogP contribution is -2.38. The molecular weight excluding hydrogens is 188 g/mol. The van der Waals surface area contributed by atoms with Crippen LogP contribution >= 0.6 is 0 Å². The highest BCUT2D eigenvalue weighted by Crippen LogP contribution is 2.39. The zero-order valence-corrected chi connectivity index (χ0v) is 8.56. The van der Waals surface area contributed by atoms with Crippen LogP contribution in [-0.4, -0.2) is 23.2 Å². The van der Waals surface area contributed by atoms with E-state index in [1.165, 1.54) is 18.4 Å². The first kappa shape index (κ1) is 9.19. The first-order valence-corrected chi connectivity index (χ1v) is 5.56. The largest absolute Gasteiger partial charge is 0.508 e. The second-order valence-corrected chi connectivity index (χ2v) is 4.66. The molecule has 0 spiro atoms. The molecule has 1 aromatic rings. The monoisotopic (exact) mass is 204 g/mol. The maximum Gasteiger partial charge on any atom is 0.115 e. The van der Waals surface area contributed by atoms with E-state index in [0.717, 1.165) is 0 Å². The molecule has 3 heteroatoms. The van der Waals surface area contributed by atoms with Gasteiger partial charge >= 0.3 is 0 Å². The van der Waals surface area contributed by atoms with Gasteiger partial charge in [-0.05, 0) is 30.5 Å². The Balaban J connectivity index is 1.94. The lowest BCUT2D eigenvalue weighted by molar-refractivity contribution is 0.439. The molecule has 2 heterocycles. The summed E-state index contributed by atoms with van der Waals surface area (Å²) < 4.78 is 0. The van der Waals surface area contributed by atoms with Crippen LogP contribution in [0.1, 0.15) is 24.3 Å². The van der Waals surface area contributed by atoms with Crippen molar-refractivity contribution in [2.75, 3.05) is 0 Å². The van der Waals surface area contributed by atoms with Crippen molar-refractivity contribution in [1.82, 2.24) is 5.32 Å². The van der Waals surface area contributed by atoms with Gasteiger partial charge in [0.2, 0.25) is 0 Å². The molecule has 2 saturated heterocycles. The molecule has 2 aliphatic rings. The lowest BCUT2D eigenvalue weighted by Gasteiger charge is -2.26. The molecule has 80 valence electrons. The Morgan fingerprint density at radius 2 is 2.07 bits per heavy atom. The number of phenolic OH excluding ortho intramolecular Hbond substituents is 1. The zero-order valence-electron chi connectivity index (χ0n) is 8.56. The van der Waals surface area contributed by atoms with Gasteiger partial charge in [-0.2, -0.15) is 0 Å². The number of aromatic hydroxyl groups is 1. The Morgan fingerprint density at radius 3 is 2.73 bits per heavy atom. The van der Waals surface area contributed by atoms with Crippen molar-refractivity contribution in [1.29, 1.82) is 0 Å². The first-order valence-electron chi connectivity index (χ1n) is 5.56. The highest BCUT2D eigenvalue weighted by Gasteiger charge is 2.45. The number of phenols is 1. The van der Waals surface area contributed by atoms with Gasteiger partial charge < -0.3 is 16.2 Å². The van der Waals surface area contributed by atoms with Crippen molar-refractivity contribution in [2.45, 2.75) is 36.9 Å². The third-order valence-electron chi connectivity index (χ3n) is 3.78. The molecule has 2 bridgehead atoms. The second-order valence-electron chi connectivity index (χ2n) is 4.66. The Bertz CT molecular complexity index is 378. The fourth-order valence-electron chi connectivity index (χ4n) is 3.09. The maximum atomic E-state index is 9.47. The van der Waals surface area contributed by atoms with Crippen LogP contribution in [0.3, 0.4) is 0 Å². The summed E-state index contributed by atoms with van der Waals surface area (Å²) in [5.74, 6) is 0.707. The molecule has 3 rings (SSSR count). The standard InChI is InChI=1S/C12H16N2O/c13-12-10-5-4-9(14-10)11(12)7-2-1-3-8(15)6-7/h1-3,6,9-12,14-15H,4-5,13H2. The Hall–Kier alpha value is -1.06. The summed E-state index contributed by atoms with van der Waals surface area (Å²) in [6, 6.07) is 8.68. The van der Waals surface area contributed by atoms with Gasteiger partial charge in [-0.15, -0.1) is 0 Å². The molecule has 0 saturated carbocycles. The minimum atomic E-state index is 0.200. The molecular formula is C12H16N2O. The molecule has 0 aliphatic carbocycles. The number of rotatable bonds is 1. The van der Waals surface area contributed by atoms with Crippen molar-refractivity contribution in [3.05, 3.63) is 29.8 Å². The van der Waals surface area contributed by atoms with Gasteiger partial charge in [0, 0.05) is 24.0 Å². The van der Waals surface area contributed by atoms with E-state index in [0.29, 0.717) is 23.8 Å². The van der Waals surface area contributed by atoms with E-state index in [2.05, 4.69) is 11.4 Å². The van der Waals surface area contributed by atoms with Crippen molar-refractivity contribution < 1.29 is 5.11 Å². The molecule has 2 fully saturated rings. The van der Waals surface area contributed by atoms with Crippen molar-refractivity contribution in [3.63, 3.8) is 0 Å². The van der Waals surface area contributed by atoms with E-state index in [1.54, 1.807) is 6.07 Å². The van der Waals surface area contributed by atoms with Gasteiger partial charge in [-0.1, -0.05) is 12.1 Å². The maximum absolute atomic E-state index is 9.47. The third-order valence-corrected chi connectivity index (χ3v) is 3.78. The molecule has 0 radical (unpaired) electrons. The Labute approximate surface area is 89.3 Å². The van der Waals surface area contributed by atoms with E-state index < -0.39 is 0 Å². The molecule has 2 aliphatic heterocycles. The predicted octanol–water partition coefficient (Wildman–Crippen LogP) is 0.937. The van der Waals surface area contributed by atoms with Gasteiger partial charge in [-0.3, -0.25) is 0 Å². The summed E-state index contributed by atoms with van der Waals surface area (Å²) in [7, 11) is 0. The quantitative estimate of drug-likeness (QED) is 0.638. The normalized spacial score (nSPS) is 38.5.